The Kier molecular flexibility index (Phi) is 7.39. The summed E-state index contributed by atoms with van der Waals surface area (Å²) < 4.78 is 0. The molecule has 0 saturated heterocycles. The van der Waals surface area contributed by atoms with Gasteiger partial charge in [0.1, 0.15) is 11.0 Å². The molecule has 1 heterocycles. The SMILES string of the molecule is CCN(CC)CCCN(CC)c1cc([N+](=O)[O-])cc(Cl)n1. The van der Waals surface area contributed by atoms with Crippen LogP contribution in [0.1, 0.15) is 27.2 Å². The molecular weight excluding hydrogens is 292 g/mol. The van der Waals surface area contributed by atoms with Crippen molar-refractivity contribution in [3.05, 3.63) is 27.4 Å². The first-order valence-corrected chi connectivity index (χ1v) is 7.68. The maximum Gasteiger partial charge on any atom is 0.276 e. The molecule has 0 unspecified atom stereocenters. The molecule has 0 radical (unpaired) electrons. The molecule has 0 saturated carbocycles. The van der Waals surface area contributed by atoms with Gasteiger partial charge in [0, 0.05) is 13.1 Å². The van der Waals surface area contributed by atoms with Crippen LogP contribution in [0.15, 0.2) is 12.1 Å². The fraction of sp³-hybridized carbons (Fsp3) is 0.643. The fourth-order valence-electron chi connectivity index (χ4n) is 2.20. The van der Waals surface area contributed by atoms with Gasteiger partial charge in [0.25, 0.3) is 5.69 Å². The summed E-state index contributed by atoms with van der Waals surface area (Å²) in [6.07, 6.45) is 0.984. The number of aromatic nitrogens is 1. The van der Waals surface area contributed by atoms with Crippen molar-refractivity contribution < 1.29 is 4.92 Å². The van der Waals surface area contributed by atoms with Gasteiger partial charge in [0.2, 0.25) is 0 Å². The zero-order chi connectivity index (χ0) is 15.8. The molecule has 1 aromatic heterocycles. The summed E-state index contributed by atoms with van der Waals surface area (Å²) in [6, 6.07) is 2.75. The Hall–Kier alpha value is -1.40. The highest BCUT2D eigenvalue weighted by atomic mass is 35.5. The van der Waals surface area contributed by atoms with E-state index >= 15 is 0 Å². The lowest BCUT2D eigenvalue weighted by Crippen LogP contribution is -2.30. The van der Waals surface area contributed by atoms with E-state index in [0.29, 0.717) is 5.82 Å². The topological polar surface area (TPSA) is 62.5 Å². The first-order chi connectivity index (χ1) is 10.0. The van der Waals surface area contributed by atoms with E-state index in [1.807, 2.05) is 11.8 Å². The van der Waals surface area contributed by atoms with Crippen molar-refractivity contribution in [3.8, 4) is 0 Å². The van der Waals surface area contributed by atoms with Crippen LogP contribution < -0.4 is 4.90 Å². The van der Waals surface area contributed by atoms with Crippen LogP contribution in [0.5, 0.6) is 0 Å². The highest BCUT2D eigenvalue weighted by Crippen LogP contribution is 2.23. The monoisotopic (exact) mass is 314 g/mol. The second kappa shape index (κ2) is 8.79. The van der Waals surface area contributed by atoms with Gasteiger partial charge in [0.15, 0.2) is 0 Å². The zero-order valence-electron chi connectivity index (χ0n) is 12.9. The van der Waals surface area contributed by atoms with E-state index in [2.05, 4.69) is 23.7 Å². The molecular formula is C14H23ClN4O2. The highest BCUT2D eigenvalue weighted by molar-refractivity contribution is 6.29. The van der Waals surface area contributed by atoms with E-state index in [0.717, 1.165) is 39.1 Å². The lowest BCUT2D eigenvalue weighted by molar-refractivity contribution is -0.384. The Bertz CT molecular complexity index is 466. The van der Waals surface area contributed by atoms with Crippen molar-refractivity contribution in [2.75, 3.05) is 37.6 Å². The average Bonchev–Trinajstić information content (AvgIpc) is 2.47. The summed E-state index contributed by atoms with van der Waals surface area (Å²) in [4.78, 5) is 19.0. The molecule has 0 N–H and O–H groups in total. The number of hydrogen-bond donors (Lipinski definition) is 0. The highest BCUT2D eigenvalue weighted by Gasteiger charge is 2.14. The van der Waals surface area contributed by atoms with Crippen LogP contribution in [-0.4, -0.2) is 47.5 Å². The van der Waals surface area contributed by atoms with E-state index in [-0.39, 0.29) is 10.8 Å². The third-order valence-corrected chi connectivity index (χ3v) is 3.67. The van der Waals surface area contributed by atoms with Crippen LogP contribution in [0.25, 0.3) is 0 Å². The zero-order valence-corrected chi connectivity index (χ0v) is 13.6. The molecule has 0 bridgehead atoms. The molecule has 1 rings (SSSR count). The minimum atomic E-state index is -0.444. The molecule has 0 spiro atoms. The first-order valence-electron chi connectivity index (χ1n) is 7.31. The Morgan fingerprint density at radius 1 is 1.19 bits per heavy atom. The van der Waals surface area contributed by atoms with Crippen LogP contribution in [0.3, 0.4) is 0 Å². The molecule has 0 aliphatic heterocycles. The normalized spacial score (nSPS) is 10.9. The third kappa shape index (κ3) is 5.47. The summed E-state index contributed by atoms with van der Waals surface area (Å²) in [7, 11) is 0. The van der Waals surface area contributed by atoms with Crippen molar-refractivity contribution in [2.24, 2.45) is 0 Å². The quantitative estimate of drug-likeness (QED) is 0.398. The third-order valence-electron chi connectivity index (χ3n) is 3.48. The lowest BCUT2D eigenvalue weighted by atomic mass is 10.3. The van der Waals surface area contributed by atoms with Crippen LogP contribution >= 0.6 is 11.6 Å². The van der Waals surface area contributed by atoms with E-state index in [1.54, 1.807) is 0 Å². The number of pyridine rings is 1. The maximum absolute atomic E-state index is 10.9. The Labute approximate surface area is 130 Å². The molecule has 0 fully saturated rings. The Morgan fingerprint density at radius 3 is 2.38 bits per heavy atom. The van der Waals surface area contributed by atoms with Gasteiger partial charge in [0.05, 0.1) is 17.1 Å². The van der Waals surface area contributed by atoms with Gasteiger partial charge < -0.3 is 9.80 Å². The van der Waals surface area contributed by atoms with Gasteiger partial charge >= 0.3 is 0 Å². The smallest absolute Gasteiger partial charge is 0.276 e. The molecule has 0 aromatic carbocycles. The molecule has 0 atom stereocenters. The van der Waals surface area contributed by atoms with E-state index in [1.165, 1.54) is 12.1 Å². The van der Waals surface area contributed by atoms with Gasteiger partial charge in [-0.25, -0.2) is 4.98 Å². The molecule has 6 nitrogen and oxygen atoms in total. The number of nitrogens with zero attached hydrogens (tertiary/aromatic N) is 4. The molecule has 0 aliphatic carbocycles. The predicted octanol–water partition coefficient (Wildman–Crippen LogP) is 3.20. The molecule has 0 aliphatic rings. The van der Waals surface area contributed by atoms with Crippen LogP contribution in [0.4, 0.5) is 11.5 Å². The number of halogens is 1. The summed E-state index contributed by atoms with van der Waals surface area (Å²) in [6.45, 7) is 10.9. The van der Waals surface area contributed by atoms with Gasteiger partial charge in [-0.2, -0.15) is 0 Å². The summed E-state index contributed by atoms with van der Waals surface area (Å²) in [5.74, 6) is 0.566. The number of nitro groups is 1. The van der Waals surface area contributed by atoms with Gasteiger partial charge in [-0.05, 0) is 33.0 Å². The van der Waals surface area contributed by atoms with Crippen molar-refractivity contribution in [1.82, 2.24) is 9.88 Å². The van der Waals surface area contributed by atoms with Crippen molar-refractivity contribution in [3.63, 3.8) is 0 Å². The maximum atomic E-state index is 10.9. The van der Waals surface area contributed by atoms with Gasteiger partial charge in [-0.15, -0.1) is 0 Å². The minimum Gasteiger partial charge on any atom is -0.357 e. The van der Waals surface area contributed by atoms with Crippen molar-refractivity contribution in [1.29, 1.82) is 0 Å². The average molecular weight is 315 g/mol. The van der Waals surface area contributed by atoms with Crippen LogP contribution in [0, 0.1) is 10.1 Å². The predicted molar refractivity (Wildman–Crippen MR) is 86.2 cm³/mol. The number of anilines is 1. The van der Waals surface area contributed by atoms with Crippen molar-refractivity contribution >= 4 is 23.1 Å². The Balaban J connectivity index is 2.73. The summed E-state index contributed by atoms with van der Waals surface area (Å²) >= 11 is 5.87. The van der Waals surface area contributed by atoms with E-state index in [4.69, 9.17) is 11.6 Å². The van der Waals surface area contributed by atoms with Crippen LogP contribution in [-0.2, 0) is 0 Å². The second-order valence-electron chi connectivity index (χ2n) is 4.72. The van der Waals surface area contributed by atoms with Gasteiger partial charge in [-0.3, -0.25) is 10.1 Å². The molecule has 118 valence electrons. The van der Waals surface area contributed by atoms with Crippen LogP contribution in [0.2, 0.25) is 5.15 Å². The lowest BCUT2D eigenvalue weighted by Gasteiger charge is -2.24. The fourth-order valence-corrected chi connectivity index (χ4v) is 2.40. The molecule has 7 heteroatoms. The Morgan fingerprint density at radius 2 is 1.86 bits per heavy atom. The van der Waals surface area contributed by atoms with E-state index in [9.17, 15) is 10.1 Å². The molecule has 21 heavy (non-hydrogen) atoms. The van der Waals surface area contributed by atoms with Crippen molar-refractivity contribution in [2.45, 2.75) is 27.2 Å². The molecule has 1 aromatic rings. The first kappa shape index (κ1) is 17.7. The minimum absolute atomic E-state index is 0.0211. The standard InChI is InChI=1S/C14H23ClN4O2/c1-4-17(5-2)8-7-9-18(6-3)14-11-12(19(20)21)10-13(15)16-14/h10-11H,4-9H2,1-3H3. The number of hydrogen-bond acceptors (Lipinski definition) is 5. The number of rotatable bonds is 9. The largest absolute Gasteiger partial charge is 0.357 e. The van der Waals surface area contributed by atoms with Gasteiger partial charge in [-0.1, -0.05) is 25.4 Å². The summed E-state index contributed by atoms with van der Waals surface area (Å²) in [5.41, 5.74) is -0.0211. The molecule has 0 amide bonds. The van der Waals surface area contributed by atoms with E-state index < -0.39 is 4.92 Å². The second-order valence-corrected chi connectivity index (χ2v) is 5.11. The summed E-state index contributed by atoms with van der Waals surface area (Å²) in [5, 5.41) is 11.0.